The van der Waals surface area contributed by atoms with Crippen molar-refractivity contribution in [2.75, 3.05) is 24.3 Å². The van der Waals surface area contributed by atoms with Crippen LogP contribution in [0.25, 0.3) is 0 Å². The Balaban J connectivity index is 2.23. The van der Waals surface area contributed by atoms with E-state index < -0.39 is 0 Å². The third-order valence-corrected chi connectivity index (χ3v) is 3.96. The zero-order valence-electron chi connectivity index (χ0n) is 13.2. The zero-order chi connectivity index (χ0) is 15.4. The van der Waals surface area contributed by atoms with E-state index >= 15 is 0 Å². The molecule has 0 aliphatic rings. The van der Waals surface area contributed by atoms with Crippen molar-refractivity contribution in [1.29, 1.82) is 0 Å². The first-order valence-electron chi connectivity index (χ1n) is 7.32. The topological polar surface area (TPSA) is 33.1 Å². The predicted molar refractivity (Wildman–Crippen MR) is 90.4 cm³/mol. The Morgan fingerprint density at radius 3 is 2.57 bits per heavy atom. The minimum Gasteiger partial charge on any atom is -0.378 e. The Bertz CT molecular complexity index is 604. The molecular weight excluding hydrogens is 284 g/mol. The van der Waals surface area contributed by atoms with Gasteiger partial charge < -0.3 is 10.2 Å². The fourth-order valence-corrected chi connectivity index (χ4v) is 2.71. The molecule has 1 N–H and O–H groups in total. The van der Waals surface area contributed by atoms with Gasteiger partial charge in [-0.2, -0.15) is 5.10 Å². The molecule has 5 heteroatoms. The number of anilines is 2. The van der Waals surface area contributed by atoms with Crippen LogP contribution in [0.4, 0.5) is 11.4 Å². The number of para-hydroxylation sites is 2. The summed E-state index contributed by atoms with van der Waals surface area (Å²) in [6, 6.07) is 8.25. The van der Waals surface area contributed by atoms with E-state index in [1.807, 2.05) is 30.9 Å². The van der Waals surface area contributed by atoms with Crippen LogP contribution in [0, 0.1) is 0 Å². The number of halogens is 1. The van der Waals surface area contributed by atoms with Crippen LogP contribution in [0.3, 0.4) is 0 Å². The molecule has 0 saturated carbocycles. The second-order valence-electron chi connectivity index (χ2n) is 5.14. The van der Waals surface area contributed by atoms with Crippen LogP contribution in [0.2, 0.25) is 5.02 Å². The number of aromatic nitrogens is 2. The van der Waals surface area contributed by atoms with Gasteiger partial charge in [-0.25, -0.2) is 0 Å². The number of nitrogens with zero attached hydrogens (tertiary/aromatic N) is 3. The first-order chi connectivity index (χ1) is 10.1. The van der Waals surface area contributed by atoms with Crippen LogP contribution in [-0.2, 0) is 19.5 Å². The Kier molecular flexibility index (Phi) is 5.12. The van der Waals surface area contributed by atoms with Gasteiger partial charge in [-0.15, -0.1) is 0 Å². The van der Waals surface area contributed by atoms with Crippen molar-refractivity contribution in [2.24, 2.45) is 0 Å². The summed E-state index contributed by atoms with van der Waals surface area (Å²) in [7, 11) is 4.08. The first-order valence-corrected chi connectivity index (χ1v) is 7.70. The maximum Gasteiger partial charge on any atom is 0.0868 e. The van der Waals surface area contributed by atoms with Gasteiger partial charge in [0.2, 0.25) is 0 Å². The largest absolute Gasteiger partial charge is 0.378 e. The lowest BCUT2D eigenvalue weighted by Gasteiger charge is -2.18. The highest BCUT2D eigenvalue weighted by Crippen LogP contribution is 2.26. The average Bonchev–Trinajstić information content (AvgIpc) is 2.80. The van der Waals surface area contributed by atoms with Crippen LogP contribution in [0.15, 0.2) is 24.3 Å². The van der Waals surface area contributed by atoms with E-state index in [0.717, 1.165) is 40.8 Å². The zero-order valence-corrected chi connectivity index (χ0v) is 13.9. The molecule has 0 saturated heterocycles. The monoisotopic (exact) mass is 306 g/mol. The van der Waals surface area contributed by atoms with Crippen molar-refractivity contribution in [3.63, 3.8) is 0 Å². The Hall–Kier alpha value is -1.68. The van der Waals surface area contributed by atoms with Gasteiger partial charge in [-0.05, 0) is 25.5 Å². The van der Waals surface area contributed by atoms with E-state index in [0.29, 0.717) is 6.54 Å². The third kappa shape index (κ3) is 3.32. The molecule has 2 aromatic rings. The molecule has 0 atom stereocenters. The summed E-state index contributed by atoms with van der Waals surface area (Å²) < 4.78 is 1.98. The standard InChI is InChI=1S/C16H23ClN4/c1-5-12-16(17)15(21(6-2)19-12)11-18-13-9-7-8-10-14(13)20(3)4/h7-10,18H,5-6,11H2,1-4H3. The summed E-state index contributed by atoms with van der Waals surface area (Å²) in [6.07, 6.45) is 0.854. The average molecular weight is 307 g/mol. The highest BCUT2D eigenvalue weighted by atomic mass is 35.5. The van der Waals surface area contributed by atoms with Gasteiger partial charge in [-0.1, -0.05) is 30.7 Å². The van der Waals surface area contributed by atoms with Gasteiger partial charge in [0.25, 0.3) is 0 Å². The molecule has 0 spiro atoms. The second-order valence-corrected chi connectivity index (χ2v) is 5.52. The first kappa shape index (κ1) is 15.7. The smallest absolute Gasteiger partial charge is 0.0868 e. The molecule has 0 aliphatic carbocycles. The van der Waals surface area contributed by atoms with Crippen molar-refractivity contribution in [2.45, 2.75) is 33.4 Å². The maximum absolute atomic E-state index is 6.44. The molecule has 0 aliphatic heterocycles. The number of hydrogen-bond acceptors (Lipinski definition) is 3. The van der Waals surface area contributed by atoms with Crippen LogP contribution in [-0.4, -0.2) is 23.9 Å². The normalized spacial score (nSPS) is 10.7. The van der Waals surface area contributed by atoms with Crippen LogP contribution in [0.5, 0.6) is 0 Å². The molecule has 1 aromatic heterocycles. The number of hydrogen-bond donors (Lipinski definition) is 1. The molecule has 0 radical (unpaired) electrons. The number of rotatable bonds is 6. The Labute approximate surface area is 131 Å². The fourth-order valence-electron chi connectivity index (χ4n) is 2.38. The van der Waals surface area contributed by atoms with Gasteiger partial charge in [-0.3, -0.25) is 4.68 Å². The molecule has 0 unspecified atom stereocenters. The van der Waals surface area contributed by atoms with Gasteiger partial charge in [0.05, 0.1) is 34.3 Å². The fraction of sp³-hybridized carbons (Fsp3) is 0.438. The number of benzene rings is 1. The molecule has 1 heterocycles. The molecule has 21 heavy (non-hydrogen) atoms. The van der Waals surface area contributed by atoms with E-state index in [1.165, 1.54) is 0 Å². The minimum atomic E-state index is 0.671. The summed E-state index contributed by atoms with van der Waals surface area (Å²) in [5.41, 5.74) is 4.27. The molecule has 0 amide bonds. The highest BCUT2D eigenvalue weighted by molar-refractivity contribution is 6.31. The Morgan fingerprint density at radius 2 is 1.95 bits per heavy atom. The van der Waals surface area contributed by atoms with E-state index in [1.54, 1.807) is 0 Å². The Morgan fingerprint density at radius 1 is 1.24 bits per heavy atom. The summed E-state index contributed by atoms with van der Waals surface area (Å²) in [5, 5.41) is 8.81. The molecule has 1 aromatic carbocycles. The predicted octanol–water partition coefficient (Wildman–Crippen LogP) is 3.80. The van der Waals surface area contributed by atoms with Crippen molar-refractivity contribution < 1.29 is 0 Å². The van der Waals surface area contributed by atoms with Crippen LogP contribution in [0.1, 0.15) is 25.2 Å². The van der Waals surface area contributed by atoms with Gasteiger partial charge in [0.15, 0.2) is 0 Å². The lowest BCUT2D eigenvalue weighted by Crippen LogP contribution is -2.13. The summed E-state index contributed by atoms with van der Waals surface area (Å²) in [4.78, 5) is 2.10. The highest BCUT2D eigenvalue weighted by Gasteiger charge is 2.14. The number of nitrogens with one attached hydrogen (secondary N) is 1. The molecule has 0 fully saturated rings. The third-order valence-electron chi connectivity index (χ3n) is 3.53. The van der Waals surface area contributed by atoms with E-state index in [-0.39, 0.29) is 0 Å². The molecular formula is C16H23ClN4. The summed E-state index contributed by atoms with van der Waals surface area (Å²) in [6.45, 7) is 5.66. The summed E-state index contributed by atoms with van der Waals surface area (Å²) in [5.74, 6) is 0. The lowest BCUT2D eigenvalue weighted by atomic mass is 10.2. The quantitative estimate of drug-likeness (QED) is 0.881. The van der Waals surface area contributed by atoms with Gasteiger partial charge in [0, 0.05) is 20.6 Å². The van der Waals surface area contributed by atoms with Crippen molar-refractivity contribution in [3.05, 3.63) is 40.7 Å². The molecule has 114 valence electrons. The molecule has 4 nitrogen and oxygen atoms in total. The van der Waals surface area contributed by atoms with Crippen molar-refractivity contribution in [1.82, 2.24) is 9.78 Å². The molecule has 2 rings (SSSR count). The van der Waals surface area contributed by atoms with Gasteiger partial charge in [0.1, 0.15) is 0 Å². The van der Waals surface area contributed by atoms with E-state index in [9.17, 15) is 0 Å². The van der Waals surface area contributed by atoms with Crippen LogP contribution >= 0.6 is 11.6 Å². The van der Waals surface area contributed by atoms with E-state index in [4.69, 9.17) is 11.6 Å². The van der Waals surface area contributed by atoms with E-state index in [2.05, 4.69) is 41.3 Å². The van der Waals surface area contributed by atoms with Crippen molar-refractivity contribution >= 4 is 23.0 Å². The molecule has 0 bridgehead atoms. The minimum absolute atomic E-state index is 0.671. The van der Waals surface area contributed by atoms with Crippen LogP contribution < -0.4 is 10.2 Å². The van der Waals surface area contributed by atoms with Crippen molar-refractivity contribution in [3.8, 4) is 0 Å². The summed E-state index contributed by atoms with van der Waals surface area (Å²) >= 11 is 6.44. The van der Waals surface area contributed by atoms with Gasteiger partial charge >= 0.3 is 0 Å². The second kappa shape index (κ2) is 6.85. The number of aryl methyl sites for hydroxylation is 2. The SMILES string of the molecule is CCc1nn(CC)c(CNc2ccccc2N(C)C)c1Cl. The lowest BCUT2D eigenvalue weighted by molar-refractivity contribution is 0.619. The maximum atomic E-state index is 6.44.